The minimum absolute atomic E-state index is 0.179. The smallest absolute Gasteiger partial charge is 0.258 e. The number of nitrogens with one attached hydrogen (secondary N) is 3. The monoisotopic (exact) mass is 383 g/mol. The van der Waals surface area contributed by atoms with Crippen molar-refractivity contribution in [1.29, 1.82) is 0 Å². The van der Waals surface area contributed by atoms with Crippen LogP contribution in [0, 0.1) is 20.8 Å². The van der Waals surface area contributed by atoms with Crippen LogP contribution < -0.4 is 20.7 Å². The molecule has 28 heavy (non-hydrogen) atoms. The lowest BCUT2D eigenvalue weighted by Crippen LogP contribution is -2.41. The summed E-state index contributed by atoms with van der Waals surface area (Å²) in [5.41, 5.74) is 3.79. The van der Waals surface area contributed by atoms with E-state index in [9.17, 15) is 14.4 Å². The lowest BCUT2D eigenvalue weighted by atomic mass is 10.1. The summed E-state index contributed by atoms with van der Waals surface area (Å²) >= 11 is 0. The number of hydrogen-bond donors (Lipinski definition) is 3. The molecular weight excluding hydrogens is 358 g/mol. The van der Waals surface area contributed by atoms with Crippen LogP contribution in [0.15, 0.2) is 42.5 Å². The predicted octanol–water partition coefficient (Wildman–Crippen LogP) is 1.86. The van der Waals surface area contributed by atoms with Gasteiger partial charge >= 0.3 is 0 Å². The first-order valence-electron chi connectivity index (χ1n) is 8.94. The third kappa shape index (κ3) is 6.75. The number of amides is 3. The molecule has 7 heteroatoms. The van der Waals surface area contributed by atoms with Gasteiger partial charge in [0.2, 0.25) is 11.8 Å². The quantitative estimate of drug-likeness (QED) is 0.648. The van der Waals surface area contributed by atoms with Crippen molar-refractivity contribution in [2.75, 3.05) is 25.0 Å². The van der Waals surface area contributed by atoms with E-state index in [0.717, 1.165) is 22.4 Å². The highest BCUT2D eigenvalue weighted by Gasteiger charge is 2.11. The minimum Gasteiger partial charge on any atom is -0.484 e. The van der Waals surface area contributed by atoms with E-state index in [0.29, 0.717) is 5.75 Å². The molecule has 0 atom stereocenters. The first-order valence-corrected chi connectivity index (χ1v) is 8.94. The molecular formula is C21H25N3O4. The molecule has 3 N–H and O–H groups in total. The Morgan fingerprint density at radius 1 is 0.821 bits per heavy atom. The molecule has 0 saturated heterocycles. The fourth-order valence-corrected chi connectivity index (χ4v) is 2.70. The third-order valence-electron chi connectivity index (χ3n) is 3.95. The molecule has 2 aromatic rings. The zero-order valence-electron chi connectivity index (χ0n) is 16.3. The van der Waals surface area contributed by atoms with Crippen LogP contribution in [0.25, 0.3) is 0 Å². The number of anilines is 1. The van der Waals surface area contributed by atoms with Crippen LogP contribution in [0.1, 0.15) is 16.7 Å². The highest BCUT2D eigenvalue weighted by Crippen LogP contribution is 2.21. The van der Waals surface area contributed by atoms with Crippen LogP contribution in [0.4, 0.5) is 5.69 Å². The highest BCUT2D eigenvalue weighted by atomic mass is 16.5. The van der Waals surface area contributed by atoms with Crippen molar-refractivity contribution >= 4 is 23.4 Å². The van der Waals surface area contributed by atoms with Crippen molar-refractivity contribution in [2.24, 2.45) is 0 Å². The maximum absolute atomic E-state index is 12.1. The van der Waals surface area contributed by atoms with E-state index in [1.165, 1.54) is 0 Å². The Morgan fingerprint density at radius 2 is 1.39 bits per heavy atom. The van der Waals surface area contributed by atoms with Gasteiger partial charge in [0.05, 0.1) is 13.1 Å². The molecule has 0 saturated carbocycles. The Bertz CT molecular complexity index is 827. The first-order chi connectivity index (χ1) is 13.3. The predicted molar refractivity (Wildman–Crippen MR) is 107 cm³/mol. The summed E-state index contributed by atoms with van der Waals surface area (Å²) in [7, 11) is 0. The normalized spacial score (nSPS) is 10.1. The van der Waals surface area contributed by atoms with E-state index < -0.39 is 11.8 Å². The Labute approximate surface area is 164 Å². The van der Waals surface area contributed by atoms with Crippen molar-refractivity contribution in [3.63, 3.8) is 0 Å². The third-order valence-corrected chi connectivity index (χ3v) is 3.95. The van der Waals surface area contributed by atoms with E-state index in [-0.39, 0.29) is 25.6 Å². The summed E-state index contributed by atoms with van der Waals surface area (Å²) in [6.45, 7) is 5.23. The van der Waals surface area contributed by atoms with Crippen molar-refractivity contribution < 1.29 is 19.1 Å². The zero-order valence-corrected chi connectivity index (χ0v) is 16.3. The molecule has 7 nitrogen and oxygen atoms in total. The molecule has 0 aliphatic carbocycles. The fraction of sp³-hybridized carbons (Fsp3) is 0.286. The van der Waals surface area contributed by atoms with Gasteiger partial charge in [0.25, 0.3) is 5.91 Å². The van der Waals surface area contributed by atoms with Gasteiger partial charge in [-0.15, -0.1) is 0 Å². The second kappa shape index (κ2) is 10.1. The number of hydrogen-bond acceptors (Lipinski definition) is 4. The van der Waals surface area contributed by atoms with Gasteiger partial charge in [-0.3, -0.25) is 14.4 Å². The van der Waals surface area contributed by atoms with Crippen molar-refractivity contribution in [2.45, 2.75) is 20.8 Å². The van der Waals surface area contributed by atoms with E-state index >= 15 is 0 Å². The molecule has 0 heterocycles. The summed E-state index contributed by atoms with van der Waals surface area (Å²) in [4.78, 5) is 35.6. The number of para-hydroxylation sites is 1. The minimum atomic E-state index is -0.458. The van der Waals surface area contributed by atoms with Crippen LogP contribution in [-0.4, -0.2) is 37.4 Å². The molecule has 0 aliphatic heterocycles. The van der Waals surface area contributed by atoms with Crippen molar-refractivity contribution in [3.05, 3.63) is 59.2 Å². The highest BCUT2D eigenvalue weighted by molar-refractivity contribution is 5.96. The van der Waals surface area contributed by atoms with Crippen LogP contribution in [0.3, 0.4) is 0 Å². The number of aryl methyl sites for hydroxylation is 3. The molecule has 0 fully saturated rings. The van der Waals surface area contributed by atoms with Crippen molar-refractivity contribution in [3.8, 4) is 5.75 Å². The number of carbonyl (C=O) groups excluding carboxylic acids is 3. The second-order valence-electron chi connectivity index (χ2n) is 6.48. The summed E-state index contributed by atoms with van der Waals surface area (Å²) < 4.78 is 5.29. The molecule has 0 spiro atoms. The largest absolute Gasteiger partial charge is 0.484 e. The van der Waals surface area contributed by atoms with Gasteiger partial charge in [0.15, 0.2) is 6.61 Å². The molecule has 0 aliphatic rings. The molecule has 148 valence electrons. The molecule has 2 rings (SSSR count). The summed E-state index contributed by atoms with van der Waals surface area (Å²) in [6.07, 6.45) is 0. The molecule has 0 unspecified atom stereocenters. The van der Waals surface area contributed by atoms with Crippen LogP contribution in [0.5, 0.6) is 5.75 Å². The molecule has 0 radical (unpaired) electrons. The van der Waals surface area contributed by atoms with Gasteiger partial charge in [-0.2, -0.15) is 0 Å². The zero-order chi connectivity index (χ0) is 20.5. The van der Waals surface area contributed by atoms with Gasteiger partial charge in [0.1, 0.15) is 5.75 Å². The SMILES string of the molecule is Cc1cc(C)c(NC(=O)CNC(=O)CNC(=O)COc2ccccc2)c(C)c1. The summed E-state index contributed by atoms with van der Waals surface area (Å²) in [5.74, 6) is -0.641. The van der Waals surface area contributed by atoms with E-state index in [1.807, 2.05) is 39.0 Å². The van der Waals surface area contributed by atoms with Gasteiger partial charge in [0, 0.05) is 5.69 Å². The Morgan fingerprint density at radius 3 is 2.04 bits per heavy atom. The molecule has 0 bridgehead atoms. The summed E-state index contributed by atoms with van der Waals surface area (Å²) in [6, 6.07) is 12.9. The standard InChI is InChI=1S/C21H25N3O4/c1-14-9-15(2)21(16(3)10-14)24-19(26)12-22-18(25)11-23-20(27)13-28-17-7-5-4-6-8-17/h4-10H,11-13H2,1-3H3,(H,22,25)(H,23,27)(H,24,26). The number of carbonyl (C=O) groups is 3. The number of rotatable bonds is 8. The molecule has 3 amide bonds. The second-order valence-corrected chi connectivity index (χ2v) is 6.48. The Hall–Kier alpha value is -3.35. The average molecular weight is 383 g/mol. The van der Waals surface area contributed by atoms with E-state index in [4.69, 9.17) is 4.74 Å². The molecule has 0 aromatic heterocycles. The van der Waals surface area contributed by atoms with Crippen LogP contribution >= 0.6 is 0 Å². The van der Waals surface area contributed by atoms with Crippen molar-refractivity contribution in [1.82, 2.24) is 10.6 Å². The number of ether oxygens (including phenoxy) is 1. The number of benzene rings is 2. The van der Waals surface area contributed by atoms with Gasteiger partial charge in [-0.25, -0.2) is 0 Å². The lowest BCUT2D eigenvalue weighted by molar-refractivity contribution is -0.127. The maximum atomic E-state index is 12.1. The Kier molecular flexibility index (Phi) is 7.56. The van der Waals surface area contributed by atoms with Crippen LogP contribution in [-0.2, 0) is 14.4 Å². The van der Waals surface area contributed by atoms with Gasteiger partial charge < -0.3 is 20.7 Å². The lowest BCUT2D eigenvalue weighted by Gasteiger charge is -2.13. The van der Waals surface area contributed by atoms with Crippen LogP contribution in [0.2, 0.25) is 0 Å². The topological polar surface area (TPSA) is 96.5 Å². The van der Waals surface area contributed by atoms with E-state index in [1.54, 1.807) is 24.3 Å². The average Bonchev–Trinajstić information content (AvgIpc) is 2.66. The van der Waals surface area contributed by atoms with Gasteiger partial charge in [-0.05, 0) is 44.0 Å². The van der Waals surface area contributed by atoms with Gasteiger partial charge in [-0.1, -0.05) is 35.9 Å². The Balaban J connectivity index is 1.69. The first kappa shape index (κ1) is 21.0. The van der Waals surface area contributed by atoms with E-state index in [2.05, 4.69) is 16.0 Å². The fourth-order valence-electron chi connectivity index (χ4n) is 2.70. The summed E-state index contributed by atoms with van der Waals surface area (Å²) in [5, 5.41) is 7.72. The molecule has 2 aromatic carbocycles. The maximum Gasteiger partial charge on any atom is 0.258 e.